The number of amides is 1. The summed E-state index contributed by atoms with van der Waals surface area (Å²) in [6.07, 6.45) is 0. The van der Waals surface area contributed by atoms with Crippen molar-refractivity contribution in [1.29, 1.82) is 0 Å². The number of fused-ring (bicyclic) bond motifs is 1. The van der Waals surface area contributed by atoms with E-state index in [1.165, 1.54) is 29.5 Å². The molecule has 2 N–H and O–H groups in total. The quantitative estimate of drug-likeness (QED) is 0.395. The lowest BCUT2D eigenvalue weighted by molar-refractivity contribution is 0.102. The summed E-state index contributed by atoms with van der Waals surface area (Å²) in [4.78, 5) is 17.4. The lowest BCUT2D eigenvalue weighted by atomic mass is 10.2. The van der Waals surface area contributed by atoms with Crippen molar-refractivity contribution < 1.29 is 22.7 Å². The van der Waals surface area contributed by atoms with Gasteiger partial charge in [0.1, 0.15) is 21.7 Å². The van der Waals surface area contributed by atoms with Crippen molar-refractivity contribution in [3.8, 4) is 11.5 Å². The fourth-order valence-corrected chi connectivity index (χ4v) is 5.18. The van der Waals surface area contributed by atoms with Gasteiger partial charge in [-0.1, -0.05) is 35.1 Å². The monoisotopic (exact) mass is 483 g/mol. The summed E-state index contributed by atoms with van der Waals surface area (Å²) in [6.45, 7) is 1.88. The van der Waals surface area contributed by atoms with E-state index in [4.69, 9.17) is 9.47 Å². The first-order chi connectivity index (χ1) is 15.8. The third kappa shape index (κ3) is 4.76. The van der Waals surface area contributed by atoms with E-state index in [9.17, 15) is 13.2 Å². The maximum Gasteiger partial charge on any atom is 0.261 e. The summed E-state index contributed by atoms with van der Waals surface area (Å²) >= 11 is 1.25. The Morgan fingerprint density at radius 2 is 1.67 bits per heavy atom. The number of hydrogen-bond acceptors (Lipinski definition) is 7. The highest BCUT2D eigenvalue weighted by Gasteiger charge is 2.18. The lowest BCUT2D eigenvalue weighted by Crippen LogP contribution is -2.15. The van der Waals surface area contributed by atoms with Gasteiger partial charge in [0.25, 0.3) is 15.9 Å². The largest absolute Gasteiger partial charge is 0.495 e. The number of carbonyl (C=O) groups excluding carboxylic acids is 1. The highest BCUT2D eigenvalue weighted by Crippen LogP contribution is 2.38. The van der Waals surface area contributed by atoms with E-state index < -0.39 is 15.9 Å². The van der Waals surface area contributed by atoms with Crippen molar-refractivity contribution in [3.63, 3.8) is 0 Å². The summed E-state index contributed by atoms with van der Waals surface area (Å²) < 4.78 is 39.3. The fourth-order valence-electron chi connectivity index (χ4n) is 3.16. The van der Waals surface area contributed by atoms with Gasteiger partial charge in [0.05, 0.1) is 19.1 Å². The number of nitrogens with zero attached hydrogens (tertiary/aromatic N) is 1. The van der Waals surface area contributed by atoms with Gasteiger partial charge in [-0.3, -0.25) is 14.8 Å². The van der Waals surface area contributed by atoms with Crippen LogP contribution in [0.5, 0.6) is 11.5 Å². The van der Waals surface area contributed by atoms with E-state index in [-0.39, 0.29) is 16.1 Å². The summed E-state index contributed by atoms with van der Waals surface area (Å²) in [6, 6.07) is 16.3. The zero-order valence-electron chi connectivity index (χ0n) is 18.1. The standard InChI is InChI=1S/C23H21N3O5S2/c1-14-7-9-17(10-8-14)33(28,29)26-16-6-4-5-15(13-16)22(27)25-23-24-20-18(30-2)11-12-19(31-3)21(20)32-23/h4-13,26H,1-3H3,(H,24,25,27). The number of ether oxygens (including phenoxy) is 2. The van der Waals surface area contributed by atoms with Crippen LogP contribution in [0, 0.1) is 6.92 Å². The Bertz CT molecular complexity index is 1390. The van der Waals surface area contributed by atoms with Crippen LogP contribution in [0.4, 0.5) is 10.8 Å². The number of thiazole rings is 1. The number of carbonyl (C=O) groups is 1. The molecule has 1 amide bonds. The molecule has 0 saturated carbocycles. The van der Waals surface area contributed by atoms with Crippen LogP contribution in [0.3, 0.4) is 0 Å². The Hall–Kier alpha value is -3.63. The zero-order valence-corrected chi connectivity index (χ0v) is 19.7. The third-order valence-corrected chi connectivity index (χ3v) is 7.22. The highest BCUT2D eigenvalue weighted by atomic mass is 32.2. The number of methoxy groups -OCH3 is 2. The predicted octanol–water partition coefficient (Wildman–Crippen LogP) is 4.68. The summed E-state index contributed by atoms with van der Waals surface area (Å²) in [5.41, 5.74) is 2.09. The van der Waals surface area contributed by atoms with E-state index in [2.05, 4.69) is 15.0 Å². The number of anilines is 2. The molecular weight excluding hydrogens is 462 g/mol. The summed E-state index contributed by atoms with van der Waals surface area (Å²) in [5, 5.41) is 3.12. The average molecular weight is 484 g/mol. The Morgan fingerprint density at radius 3 is 2.36 bits per heavy atom. The molecular formula is C23H21N3O5S2. The average Bonchev–Trinajstić information content (AvgIpc) is 3.22. The van der Waals surface area contributed by atoms with Crippen molar-refractivity contribution >= 4 is 48.3 Å². The molecule has 0 atom stereocenters. The molecule has 10 heteroatoms. The molecule has 170 valence electrons. The Kier molecular flexibility index (Phi) is 6.21. The summed E-state index contributed by atoms with van der Waals surface area (Å²) in [5.74, 6) is 0.759. The van der Waals surface area contributed by atoms with Gasteiger partial charge in [-0.05, 0) is 49.4 Å². The smallest absolute Gasteiger partial charge is 0.261 e. The number of hydrogen-bond donors (Lipinski definition) is 2. The van der Waals surface area contributed by atoms with Crippen LogP contribution in [0.25, 0.3) is 10.2 Å². The van der Waals surface area contributed by atoms with Gasteiger partial charge in [0, 0.05) is 11.3 Å². The van der Waals surface area contributed by atoms with Crippen LogP contribution in [-0.4, -0.2) is 33.5 Å². The molecule has 1 heterocycles. The van der Waals surface area contributed by atoms with E-state index in [1.807, 2.05) is 6.92 Å². The Labute approximate surface area is 195 Å². The van der Waals surface area contributed by atoms with Crippen LogP contribution in [-0.2, 0) is 10.0 Å². The molecule has 0 aliphatic carbocycles. The van der Waals surface area contributed by atoms with Gasteiger partial charge in [0.15, 0.2) is 5.13 Å². The molecule has 0 aliphatic heterocycles. The van der Waals surface area contributed by atoms with Crippen LogP contribution >= 0.6 is 11.3 Å². The lowest BCUT2D eigenvalue weighted by Gasteiger charge is -2.10. The van der Waals surface area contributed by atoms with Crippen LogP contribution in [0.2, 0.25) is 0 Å². The van der Waals surface area contributed by atoms with E-state index in [1.54, 1.807) is 56.7 Å². The van der Waals surface area contributed by atoms with Crippen molar-refractivity contribution in [2.75, 3.05) is 24.3 Å². The molecule has 3 aromatic carbocycles. The minimum absolute atomic E-state index is 0.139. The Balaban J connectivity index is 1.56. The number of aromatic nitrogens is 1. The zero-order chi connectivity index (χ0) is 23.6. The molecule has 33 heavy (non-hydrogen) atoms. The molecule has 0 spiro atoms. The van der Waals surface area contributed by atoms with Gasteiger partial charge >= 0.3 is 0 Å². The highest BCUT2D eigenvalue weighted by molar-refractivity contribution is 7.92. The van der Waals surface area contributed by atoms with Gasteiger partial charge in [0.2, 0.25) is 0 Å². The minimum Gasteiger partial charge on any atom is -0.495 e. The first-order valence-electron chi connectivity index (χ1n) is 9.83. The number of nitrogens with one attached hydrogen (secondary N) is 2. The molecule has 0 radical (unpaired) electrons. The Morgan fingerprint density at radius 1 is 0.970 bits per heavy atom. The van der Waals surface area contributed by atoms with Crippen molar-refractivity contribution in [3.05, 3.63) is 71.8 Å². The molecule has 0 aliphatic rings. The minimum atomic E-state index is -3.78. The second kappa shape index (κ2) is 9.08. The summed E-state index contributed by atoms with van der Waals surface area (Å²) in [7, 11) is -0.682. The number of sulfonamides is 1. The molecule has 8 nitrogen and oxygen atoms in total. The molecule has 0 saturated heterocycles. The SMILES string of the molecule is COc1ccc(OC)c2sc(NC(=O)c3cccc(NS(=O)(=O)c4ccc(C)cc4)c3)nc12. The van der Waals surface area contributed by atoms with E-state index in [0.717, 1.165) is 10.3 Å². The first kappa shape index (κ1) is 22.6. The topological polar surface area (TPSA) is 107 Å². The van der Waals surface area contributed by atoms with Crippen molar-refractivity contribution in [2.45, 2.75) is 11.8 Å². The van der Waals surface area contributed by atoms with Gasteiger partial charge in [-0.15, -0.1) is 0 Å². The molecule has 0 unspecified atom stereocenters. The number of benzene rings is 3. The van der Waals surface area contributed by atoms with Crippen LogP contribution < -0.4 is 19.5 Å². The second-order valence-corrected chi connectivity index (χ2v) is 9.80. The maximum absolute atomic E-state index is 12.8. The van der Waals surface area contributed by atoms with Gasteiger partial charge < -0.3 is 9.47 Å². The molecule has 1 aromatic heterocycles. The normalized spacial score (nSPS) is 11.2. The number of aryl methyl sites for hydroxylation is 1. The maximum atomic E-state index is 12.8. The predicted molar refractivity (Wildman–Crippen MR) is 129 cm³/mol. The van der Waals surface area contributed by atoms with E-state index in [0.29, 0.717) is 22.1 Å². The fraction of sp³-hybridized carbons (Fsp3) is 0.130. The molecule has 4 rings (SSSR count). The van der Waals surface area contributed by atoms with Crippen LogP contribution in [0.1, 0.15) is 15.9 Å². The van der Waals surface area contributed by atoms with Gasteiger partial charge in [-0.2, -0.15) is 0 Å². The third-order valence-electron chi connectivity index (χ3n) is 4.84. The van der Waals surface area contributed by atoms with Crippen LogP contribution in [0.15, 0.2) is 65.6 Å². The van der Waals surface area contributed by atoms with Crippen molar-refractivity contribution in [1.82, 2.24) is 4.98 Å². The second-order valence-electron chi connectivity index (χ2n) is 7.12. The van der Waals surface area contributed by atoms with Gasteiger partial charge in [-0.25, -0.2) is 13.4 Å². The van der Waals surface area contributed by atoms with E-state index >= 15 is 0 Å². The first-order valence-corrected chi connectivity index (χ1v) is 12.1. The van der Waals surface area contributed by atoms with Crippen molar-refractivity contribution in [2.24, 2.45) is 0 Å². The molecule has 0 bridgehead atoms. The molecule has 0 fully saturated rings. The number of rotatable bonds is 7. The molecule has 4 aromatic rings.